The number of sulfonamides is 2. The molecule has 1 N–H and O–H groups in total. The molecule has 0 amide bonds. The van der Waals surface area contributed by atoms with Gasteiger partial charge in [0.25, 0.3) is 10.0 Å². The van der Waals surface area contributed by atoms with Crippen LogP contribution in [0.5, 0.6) is 5.75 Å². The average Bonchev–Trinajstić information content (AvgIpc) is 2.98. The van der Waals surface area contributed by atoms with Crippen molar-refractivity contribution in [3.8, 4) is 5.75 Å². The predicted octanol–water partition coefficient (Wildman–Crippen LogP) is 1.91. The Hall–Kier alpha value is -2.14. The zero-order valence-electron chi connectivity index (χ0n) is 15.4. The van der Waals surface area contributed by atoms with Crippen LogP contribution in [0.15, 0.2) is 58.3 Å². The molecule has 152 valence electrons. The molecule has 1 saturated heterocycles. The minimum absolute atomic E-state index is 0.0130. The minimum Gasteiger partial charge on any atom is -0.495 e. The van der Waals surface area contributed by atoms with Crippen molar-refractivity contribution in [3.05, 3.63) is 48.5 Å². The summed E-state index contributed by atoms with van der Waals surface area (Å²) in [5, 5.41) is 0. The summed E-state index contributed by atoms with van der Waals surface area (Å²) in [6.45, 7) is 1.43. The van der Waals surface area contributed by atoms with Gasteiger partial charge in [-0.1, -0.05) is 18.2 Å². The van der Waals surface area contributed by atoms with Gasteiger partial charge < -0.3 is 9.47 Å². The van der Waals surface area contributed by atoms with Gasteiger partial charge in [-0.05, 0) is 36.8 Å². The van der Waals surface area contributed by atoms with E-state index in [0.717, 1.165) is 0 Å². The van der Waals surface area contributed by atoms with Gasteiger partial charge in [-0.25, -0.2) is 16.8 Å². The Morgan fingerprint density at radius 1 is 0.964 bits per heavy atom. The Kier molecular flexibility index (Phi) is 6.23. The minimum atomic E-state index is -3.90. The maximum atomic E-state index is 13.0. The summed E-state index contributed by atoms with van der Waals surface area (Å²) in [7, 11) is -6.30. The molecular formula is C18H22N2O6S2. The number of anilines is 1. The van der Waals surface area contributed by atoms with Crippen LogP contribution in [-0.2, 0) is 24.8 Å². The Bertz CT molecular complexity index is 1020. The van der Waals surface area contributed by atoms with Gasteiger partial charge in [0, 0.05) is 19.7 Å². The van der Waals surface area contributed by atoms with Crippen molar-refractivity contribution in [1.82, 2.24) is 4.31 Å². The molecule has 10 heteroatoms. The van der Waals surface area contributed by atoms with Gasteiger partial charge in [0.2, 0.25) is 10.0 Å². The molecular weight excluding hydrogens is 404 g/mol. The molecule has 1 aliphatic rings. The largest absolute Gasteiger partial charge is 0.495 e. The number of nitrogens with zero attached hydrogens (tertiary/aromatic N) is 1. The maximum absolute atomic E-state index is 13.0. The summed E-state index contributed by atoms with van der Waals surface area (Å²) in [5.74, 6) is 0.220. The molecule has 0 spiro atoms. The molecule has 1 aliphatic heterocycles. The highest BCUT2D eigenvalue weighted by Crippen LogP contribution is 2.31. The Labute approximate surface area is 165 Å². The van der Waals surface area contributed by atoms with Crippen LogP contribution in [0, 0.1) is 0 Å². The molecule has 3 rings (SSSR count). The standard InChI is InChI=1S/C18H22N2O6S2/c1-25-18-9-8-16(28(23,24)20-10-5-12-26-13-11-20)14-17(18)19-27(21,22)15-6-3-2-4-7-15/h2-4,6-9,14,19H,5,10-13H2,1H3. The van der Waals surface area contributed by atoms with Gasteiger partial charge >= 0.3 is 0 Å². The van der Waals surface area contributed by atoms with E-state index in [1.165, 1.54) is 41.7 Å². The molecule has 1 heterocycles. The molecule has 2 aromatic rings. The number of ether oxygens (including phenoxy) is 2. The highest BCUT2D eigenvalue weighted by Gasteiger charge is 2.27. The normalized spacial score (nSPS) is 16.3. The van der Waals surface area contributed by atoms with E-state index in [1.54, 1.807) is 18.2 Å². The molecule has 0 saturated carbocycles. The molecule has 0 bridgehead atoms. The maximum Gasteiger partial charge on any atom is 0.262 e. The van der Waals surface area contributed by atoms with Gasteiger partial charge in [0.1, 0.15) is 5.75 Å². The van der Waals surface area contributed by atoms with Crippen molar-refractivity contribution in [2.45, 2.75) is 16.2 Å². The van der Waals surface area contributed by atoms with E-state index < -0.39 is 20.0 Å². The SMILES string of the molecule is COc1ccc(S(=O)(=O)N2CCCOCC2)cc1NS(=O)(=O)c1ccccc1. The third-order valence-electron chi connectivity index (χ3n) is 4.29. The third kappa shape index (κ3) is 4.46. The van der Waals surface area contributed by atoms with Crippen molar-refractivity contribution < 1.29 is 26.3 Å². The lowest BCUT2D eigenvalue weighted by atomic mass is 10.3. The molecule has 28 heavy (non-hydrogen) atoms. The molecule has 0 unspecified atom stereocenters. The monoisotopic (exact) mass is 426 g/mol. The molecule has 2 aromatic carbocycles. The smallest absolute Gasteiger partial charge is 0.262 e. The summed E-state index contributed by atoms with van der Waals surface area (Å²) in [6.07, 6.45) is 0.600. The molecule has 0 radical (unpaired) electrons. The van der Waals surface area contributed by atoms with E-state index in [0.29, 0.717) is 26.2 Å². The Morgan fingerprint density at radius 2 is 1.71 bits per heavy atom. The van der Waals surface area contributed by atoms with E-state index >= 15 is 0 Å². The molecule has 8 nitrogen and oxygen atoms in total. The molecule has 0 atom stereocenters. The number of hydrogen-bond acceptors (Lipinski definition) is 6. The highest BCUT2D eigenvalue weighted by molar-refractivity contribution is 7.92. The first-order valence-electron chi connectivity index (χ1n) is 8.68. The van der Waals surface area contributed by atoms with E-state index in [1.807, 2.05) is 0 Å². The second kappa shape index (κ2) is 8.48. The average molecular weight is 427 g/mol. The van der Waals surface area contributed by atoms with E-state index in [-0.39, 0.29) is 27.8 Å². The van der Waals surface area contributed by atoms with Crippen molar-refractivity contribution >= 4 is 25.7 Å². The van der Waals surface area contributed by atoms with Crippen molar-refractivity contribution in [2.75, 3.05) is 38.1 Å². The highest BCUT2D eigenvalue weighted by atomic mass is 32.2. The van der Waals surface area contributed by atoms with Gasteiger partial charge in [-0.3, -0.25) is 4.72 Å². The van der Waals surface area contributed by atoms with Gasteiger partial charge in [-0.2, -0.15) is 4.31 Å². The summed E-state index contributed by atoms with van der Waals surface area (Å²) < 4.78 is 65.5. The summed E-state index contributed by atoms with van der Waals surface area (Å²) >= 11 is 0. The zero-order chi connectivity index (χ0) is 20.2. The lowest BCUT2D eigenvalue weighted by molar-refractivity contribution is 0.148. The fourth-order valence-corrected chi connectivity index (χ4v) is 5.41. The van der Waals surface area contributed by atoms with Crippen LogP contribution in [0.1, 0.15) is 6.42 Å². The molecule has 0 aliphatic carbocycles. The van der Waals surface area contributed by atoms with Crippen molar-refractivity contribution in [1.29, 1.82) is 0 Å². The number of hydrogen-bond donors (Lipinski definition) is 1. The molecule has 1 fully saturated rings. The Morgan fingerprint density at radius 3 is 2.43 bits per heavy atom. The summed E-state index contributed by atoms with van der Waals surface area (Å²) in [4.78, 5) is 0.0518. The quantitative estimate of drug-likeness (QED) is 0.757. The lowest BCUT2D eigenvalue weighted by Gasteiger charge is -2.20. The van der Waals surface area contributed by atoms with Crippen molar-refractivity contribution in [3.63, 3.8) is 0 Å². The zero-order valence-corrected chi connectivity index (χ0v) is 17.0. The number of methoxy groups -OCH3 is 1. The third-order valence-corrected chi connectivity index (χ3v) is 7.56. The second-order valence-electron chi connectivity index (χ2n) is 6.15. The fourth-order valence-electron chi connectivity index (χ4n) is 2.84. The van der Waals surface area contributed by atoms with Crippen LogP contribution in [0.2, 0.25) is 0 Å². The number of benzene rings is 2. The van der Waals surface area contributed by atoms with Crippen LogP contribution in [-0.4, -0.2) is 54.6 Å². The molecule has 0 aromatic heterocycles. The second-order valence-corrected chi connectivity index (χ2v) is 9.77. The van der Waals surface area contributed by atoms with Crippen LogP contribution in [0.4, 0.5) is 5.69 Å². The van der Waals surface area contributed by atoms with Crippen LogP contribution in [0.25, 0.3) is 0 Å². The first kappa shape index (κ1) is 20.6. The van der Waals surface area contributed by atoms with Crippen LogP contribution >= 0.6 is 0 Å². The first-order valence-corrected chi connectivity index (χ1v) is 11.6. The van der Waals surface area contributed by atoms with Crippen LogP contribution in [0.3, 0.4) is 0 Å². The van der Waals surface area contributed by atoms with E-state index in [4.69, 9.17) is 9.47 Å². The fraction of sp³-hybridized carbons (Fsp3) is 0.333. The Balaban J connectivity index is 1.96. The number of nitrogens with one attached hydrogen (secondary N) is 1. The van der Waals surface area contributed by atoms with Crippen molar-refractivity contribution in [2.24, 2.45) is 0 Å². The van der Waals surface area contributed by atoms with Gasteiger partial charge in [0.15, 0.2) is 0 Å². The van der Waals surface area contributed by atoms with Gasteiger partial charge in [0.05, 0.1) is 29.2 Å². The van der Waals surface area contributed by atoms with E-state index in [9.17, 15) is 16.8 Å². The topological polar surface area (TPSA) is 102 Å². The van der Waals surface area contributed by atoms with E-state index in [2.05, 4.69) is 4.72 Å². The number of rotatable bonds is 6. The lowest BCUT2D eigenvalue weighted by Crippen LogP contribution is -2.33. The summed E-state index contributed by atoms with van der Waals surface area (Å²) in [5.41, 5.74) is 0.0542. The predicted molar refractivity (Wildman–Crippen MR) is 104 cm³/mol. The van der Waals surface area contributed by atoms with Crippen LogP contribution < -0.4 is 9.46 Å². The van der Waals surface area contributed by atoms with Gasteiger partial charge in [-0.15, -0.1) is 0 Å². The first-order chi connectivity index (χ1) is 13.3. The summed E-state index contributed by atoms with van der Waals surface area (Å²) in [6, 6.07) is 11.9.